The highest BCUT2D eigenvalue weighted by Crippen LogP contribution is 2.18. The van der Waals surface area contributed by atoms with Gasteiger partial charge in [0.2, 0.25) is 5.82 Å². The summed E-state index contributed by atoms with van der Waals surface area (Å²) in [6.07, 6.45) is 3.80. The highest BCUT2D eigenvalue weighted by Gasteiger charge is 2.26. The van der Waals surface area contributed by atoms with E-state index in [0.717, 1.165) is 37.1 Å². The molecule has 0 atom stereocenters. The van der Waals surface area contributed by atoms with Crippen LogP contribution in [0.15, 0.2) is 48.7 Å². The first-order valence-corrected chi connectivity index (χ1v) is 9.23. The molecule has 1 N–H and O–H groups in total. The van der Waals surface area contributed by atoms with Crippen molar-refractivity contribution in [1.82, 2.24) is 19.6 Å². The lowest BCUT2D eigenvalue weighted by Crippen LogP contribution is -2.28. The van der Waals surface area contributed by atoms with Gasteiger partial charge in [0.05, 0.1) is 5.52 Å². The number of hydrogen-bond donors (Lipinski definition) is 1. The minimum atomic E-state index is -0.293. The van der Waals surface area contributed by atoms with Crippen molar-refractivity contribution in [3.8, 4) is 0 Å². The van der Waals surface area contributed by atoms with Crippen LogP contribution in [-0.4, -0.2) is 39.2 Å². The molecule has 1 saturated heterocycles. The maximum atomic E-state index is 12.8. The minimum Gasteiger partial charge on any atom is -0.345 e. The normalized spacial score (nSPS) is 13.9. The molecule has 1 fully saturated rings. The predicted octanol–water partition coefficient (Wildman–Crippen LogP) is 2.81. The third kappa shape index (κ3) is 3.43. The summed E-state index contributed by atoms with van der Waals surface area (Å²) in [5.41, 5.74) is 3.18. The molecule has 0 unspecified atom stereocenters. The maximum Gasteiger partial charge on any atom is 0.287 e. The fourth-order valence-corrected chi connectivity index (χ4v) is 3.51. The van der Waals surface area contributed by atoms with Crippen LogP contribution in [0.2, 0.25) is 0 Å². The van der Waals surface area contributed by atoms with Crippen molar-refractivity contribution < 1.29 is 9.59 Å². The molecule has 4 rings (SSSR count). The van der Waals surface area contributed by atoms with Gasteiger partial charge in [-0.25, -0.2) is 4.98 Å². The van der Waals surface area contributed by atoms with E-state index in [0.29, 0.717) is 17.8 Å². The van der Waals surface area contributed by atoms with Crippen molar-refractivity contribution in [3.05, 3.63) is 71.3 Å². The first kappa shape index (κ1) is 17.3. The number of benzene rings is 1. The molecule has 6 nitrogen and oxygen atoms in total. The lowest BCUT2D eigenvalue weighted by Gasteiger charge is -2.13. The number of nitrogens with zero attached hydrogens (tertiary/aromatic N) is 3. The Hall–Kier alpha value is -3.15. The van der Waals surface area contributed by atoms with Crippen LogP contribution in [-0.2, 0) is 6.54 Å². The predicted molar refractivity (Wildman–Crippen MR) is 103 cm³/mol. The van der Waals surface area contributed by atoms with Crippen LogP contribution in [0.5, 0.6) is 0 Å². The Morgan fingerprint density at radius 3 is 2.70 bits per heavy atom. The van der Waals surface area contributed by atoms with E-state index in [9.17, 15) is 9.59 Å². The molecule has 1 aliphatic rings. The number of rotatable bonds is 4. The number of aromatic nitrogens is 2. The molecule has 0 saturated carbocycles. The van der Waals surface area contributed by atoms with Crippen molar-refractivity contribution in [1.29, 1.82) is 0 Å². The molecule has 3 heterocycles. The molecule has 1 aliphatic heterocycles. The number of amides is 2. The van der Waals surface area contributed by atoms with E-state index in [1.165, 1.54) is 0 Å². The molecule has 0 spiro atoms. The highest BCUT2D eigenvalue weighted by molar-refractivity contribution is 6.02. The molecule has 0 radical (unpaired) electrons. The van der Waals surface area contributed by atoms with Crippen molar-refractivity contribution in [3.63, 3.8) is 0 Å². The SMILES string of the molecule is Cc1cccc(CNC(=O)c2nc(C(=O)N3CCCC3)c3ccccn23)c1. The Kier molecular flexibility index (Phi) is 4.62. The van der Waals surface area contributed by atoms with Crippen LogP contribution >= 0.6 is 0 Å². The van der Waals surface area contributed by atoms with E-state index in [-0.39, 0.29) is 17.6 Å². The molecule has 1 aromatic carbocycles. The van der Waals surface area contributed by atoms with Crippen LogP contribution in [0.25, 0.3) is 5.52 Å². The quantitative estimate of drug-likeness (QED) is 0.776. The van der Waals surface area contributed by atoms with Crippen molar-refractivity contribution in [2.45, 2.75) is 26.3 Å². The van der Waals surface area contributed by atoms with Crippen LogP contribution in [0.1, 0.15) is 45.1 Å². The van der Waals surface area contributed by atoms with Gasteiger partial charge in [0.25, 0.3) is 11.8 Å². The third-order valence-corrected chi connectivity index (χ3v) is 4.88. The zero-order valence-corrected chi connectivity index (χ0v) is 15.3. The van der Waals surface area contributed by atoms with E-state index in [1.54, 1.807) is 10.6 Å². The van der Waals surface area contributed by atoms with Crippen molar-refractivity contribution >= 4 is 17.3 Å². The smallest absolute Gasteiger partial charge is 0.287 e. The van der Waals surface area contributed by atoms with Gasteiger partial charge in [0.1, 0.15) is 0 Å². The van der Waals surface area contributed by atoms with Gasteiger partial charge in [0, 0.05) is 25.8 Å². The molecule has 3 aromatic rings. The Morgan fingerprint density at radius 2 is 1.93 bits per heavy atom. The second-order valence-electron chi connectivity index (χ2n) is 6.91. The molecule has 2 amide bonds. The second kappa shape index (κ2) is 7.23. The highest BCUT2D eigenvalue weighted by atomic mass is 16.2. The topological polar surface area (TPSA) is 66.7 Å². The molecule has 138 valence electrons. The number of aryl methyl sites for hydroxylation is 1. The summed E-state index contributed by atoms with van der Waals surface area (Å²) in [6, 6.07) is 13.5. The van der Waals surface area contributed by atoms with Crippen molar-refractivity contribution in [2.24, 2.45) is 0 Å². The minimum absolute atomic E-state index is 0.103. The summed E-state index contributed by atoms with van der Waals surface area (Å²) in [6.45, 7) is 3.93. The number of fused-ring (bicyclic) bond motifs is 1. The van der Waals surface area contributed by atoms with Gasteiger partial charge in [-0.05, 0) is 37.5 Å². The molecule has 2 aromatic heterocycles. The lowest BCUT2D eigenvalue weighted by molar-refractivity contribution is 0.0789. The number of hydrogen-bond acceptors (Lipinski definition) is 3. The van der Waals surface area contributed by atoms with Gasteiger partial charge in [-0.15, -0.1) is 0 Å². The summed E-state index contributed by atoms with van der Waals surface area (Å²) >= 11 is 0. The first-order valence-electron chi connectivity index (χ1n) is 9.23. The largest absolute Gasteiger partial charge is 0.345 e. The molecule has 6 heteroatoms. The maximum absolute atomic E-state index is 12.8. The van der Waals surface area contributed by atoms with E-state index in [1.807, 2.05) is 54.3 Å². The first-order chi connectivity index (χ1) is 13.1. The lowest BCUT2D eigenvalue weighted by atomic mass is 10.1. The number of nitrogens with one attached hydrogen (secondary N) is 1. The van der Waals surface area contributed by atoms with Gasteiger partial charge in [-0.2, -0.15) is 0 Å². The average Bonchev–Trinajstić information content (AvgIpc) is 3.34. The van der Waals surface area contributed by atoms with Crippen molar-refractivity contribution in [2.75, 3.05) is 13.1 Å². The van der Waals surface area contributed by atoms with Crippen LogP contribution in [0, 0.1) is 6.92 Å². The monoisotopic (exact) mass is 362 g/mol. The number of imidazole rings is 1. The summed E-state index contributed by atoms with van der Waals surface area (Å²) in [5, 5.41) is 2.91. The molecular formula is C21H22N4O2. The molecule has 27 heavy (non-hydrogen) atoms. The average molecular weight is 362 g/mol. The van der Waals surface area contributed by atoms with Crippen LogP contribution < -0.4 is 5.32 Å². The Morgan fingerprint density at radius 1 is 1.11 bits per heavy atom. The third-order valence-electron chi connectivity index (χ3n) is 4.88. The van der Waals surface area contributed by atoms with E-state index >= 15 is 0 Å². The molecule has 0 bridgehead atoms. The van der Waals surface area contributed by atoms with Gasteiger partial charge in [0.15, 0.2) is 5.69 Å². The van der Waals surface area contributed by atoms with E-state index in [2.05, 4.69) is 10.3 Å². The number of carbonyl (C=O) groups excluding carboxylic acids is 2. The number of likely N-dealkylation sites (tertiary alicyclic amines) is 1. The van der Waals surface area contributed by atoms with Crippen LogP contribution in [0.4, 0.5) is 0 Å². The zero-order valence-electron chi connectivity index (χ0n) is 15.3. The Labute approximate surface area is 157 Å². The van der Waals surface area contributed by atoms with Gasteiger partial charge in [-0.3, -0.25) is 14.0 Å². The van der Waals surface area contributed by atoms with E-state index in [4.69, 9.17) is 0 Å². The zero-order chi connectivity index (χ0) is 18.8. The summed E-state index contributed by atoms with van der Waals surface area (Å²) < 4.78 is 1.69. The van der Waals surface area contributed by atoms with Gasteiger partial charge in [-0.1, -0.05) is 35.9 Å². The molecule has 0 aliphatic carbocycles. The summed E-state index contributed by atoms with van der Waals surface area (Å²) in [5.74, 6) is -0.159. The van der Waals surface area contributed by atoms with Gasteiger partial charge < -0.3 is 10.2 Å². The summed E-state index contributed by atoms with van der Waals surface area (Å²) in [4.78, 5) is 31.8. The Balaban J connectivity index is 1.61. The summed E-state index contributed by atoms with van der Waals surface area (Å²) in [7, 11) is 0. The molecular weight excluding hydrogens is 340 g/mol. The van der Waals surface area contributed by atoms with Gasteiger partial charge >= 0.3 is 0 Å². The second-order valence-corrected chi connectivity index (χ2v) is 6.91. The number of carbonyl (C=O) groups is 2. The fourth-order valence-electron chi connectivity index (χ4n) is 3.51. The Bertz CT molecular complexity index is 1000. The van der Waals surface area contributed by atoms with Crippen LogP contribution in [0.3, 0.4) is 0 Å². The number of pyridine rings is 1. The van der Waals surface area contributed by atoms with E-state index < -0.39 is 0 Å². The fraction of sp³-hybridized carbons (Fsp3) is 0.286. The standard InChI is InChI=1S/C21H22N4O2/c1-15-7-6-8-16(13-15)14-22-20(26)19-23-18(17-9-2-3-12-25(17)19)21(27)24-10-4-5-11-24/h2-3,6-9,12-13H,4-5,10-11,14H2,1H3,(H,22,26).